The standard InChI is InChI=1S/C14H17NO4S/c1-4-19-14(17)15-10-7-5-6-8-11(10)20-12(15)9(2)13(16)18-3/h5-9,12H,4H2,1-3H3. The fourth-order valence-corrected chi connectivity index (χ4v) is 3.42. The molecule has 2 unspecified atom stereocenters. The fourth-order valence-electron chi connectivity index (χ4n) is 2.10. The number of para-hydroxylation sites is 1. The molecule has 6 heteroatoms. The molecule has 0 aromatic heterocycles. The van der Waals surface area contributed by atoms with Gasteiger partial charge in [-0.3, -0.25) is 9.69 Å². The predicted molar refractivity (Wildman–Crippen MR) is 76.8 cm³/mol. The molecule has 1 aliphatic heterocycles. The number of hydrogen-bond acceptors (Lipinski definition) is 5. The molecule has 0 bridgehead atoms. The van der Waals surface area contributed by atoms with Gasteiger partial charge in [-0.25, -0.2) is 4.79 Å². The molecule has 2 rings (SSSR count). The van der Waals surface area contributed by atoms with Crippen LogP contribution in [0.25, 0.3) is 0 Å². The lowest BCUT2D eigenvalue weighted by molar-refractivity contribution is -0.144. The number of esters is 1. The molecule has 0 spiro atoms. The second-order valence-corrected chi connectivity index (χ2v) is 5.52. The molecule has 1 heterocycles. The Bertz CT molecular complexity index is 520. The van der Waals surface area contributed by atoms with E-state index in [9.17, 15) is 9.59 Å². The van der Waals surface area contributed by atoms with Crippen molar-refractivity contribution in [3.63, 3.8) is 0 Å². The zero-order valence-corrected chi connectivity index (χ0v) is 12.5. The van der Waals surface area contributed by atoms with Crippen molar-refractivity contribution in [2.75, 3.05) is 18.6 Å². The van der Waals surface area contributed by atoms with Crippen LogP contribution in [-0.2, 0) is 14.3 Å². The lowest BCUT2D eigenvalue weighted by atomic mass is 10.1. The van der Waals surface area contributed by atoms with Crippen LogP contribution in [0.1, 0.15) is 13.8 Å². The Kier molecular flexibility index (Phi) is 4.54. The molecule has 1 aromatic carbocycles. The molecule has 0 N–H and O–H groups in total. The van der Waals surface area contributed by atoms with Gasteiger partial charge in [0.2, 0.25) is 0 Å². The zero-order valence-electron chi connectivity index (χ0n) is 11.7. The molecule has 0 fully saturated rings. The molecular formula is C14H17NO4S. The number of anilines is 1. The lowest BCUT2D eigenvalue weighted by Gasteiger charge is -2.26. The van der Waals surface area contributed by atoms with Crippen LogP contribution in [0.15, 0.2) is 29.2 Å². The molecule has 1 amide bonds. The number of methoxy groups -OCH3 is 1. The number of carbonyl (C=O) groups is 2. The first-order valence-electron chi connectivity index (χ1n) is 6.39. The van der Waals surface area contributed by atoms with Crippen LogP contribution in [0.3, 0.4) is 0 Å². The Balaban J connectivity index is 2.33. The number of amides is 1. The average molecular weight is 295 g/mol. The highest BCUT2D eigenvalue weighted by Gasteiger charge is 2.41. The van der Waals surface area contributed by atoms with Gasteiger partial charge in [-0.2, -0.15) is 0 Å². The van der Waals surface area contributed by atoms with Gasteiger partial charge >= 0.3 is 12.1 Å². The van der Waals surface area contributed by atoms with Crippen LogP contribution in [0, 0.1) is 5.92 Å². The quantitative estimate of drug-likeness (QED) is 0.803. The maximum Gasteiger partial charge on any atom is 0.415 e. The Morgan fingerprint density at radius 2 is 2.10 bits per heavy atom. The number of fused-ring (bicyclic) bond motifs is 1. The van der Waals surface area contributed by atoms with Crippen molar-refractivity contribution in [2.24, 2.45) is 5.92 Å². The number of benzene rings is 1. The normalized spacial score (nSPS) is 18.4. The molecule has 0 radical (unpaired) electrons. The van der Waals surface area contributed by atoms with Crippen molar-refractivity contribution in [3.05, 3.63) is 24.3 Å². The van der Waals surface area contributed by atoms with Gasteiger partial charge in [-0.1, -0.05) is 23.9 Å². The van der Waals surface area contributed by atoms with Crippen LogP contribution < -0.4 is 4.90 Å². The van der Waals surface area contributed by atoms with E-state index in [-0.39, 0.29) is 11.3 Å². The number of ether oxygens (including phenoxy) is 2. The minimum absolute atomic E-state index is 0.293. The van der Waals surface area contributed by atoms with Crippen LogP contribution in [0.2, 0.25) is 0 Å². The van der Waals surface area contributed by atoms with Crippen LogP contribution in [0.5, 0.6) is 0 Å². The summed E-state index contributed by atoms with van der Waals surface area (Å²) in [6, 6.07) is 7.54. The smallest absolute Gasteiger partial charge is 0.415 e. The summed E-state index contributed by atoms with van der Waals surface area (Å²) >= 11 is 1.47. The first-order valence-corrected chi connectivity index (χ1v) is 7.27. The van der Waals surface area contributed by atoms with Gasteiger partial charge in [-0.15, -0.1) is 0 Å². The highest BCUT2D eigenvalue weighted by atomic mass is 32.2. The maximum absolute atomic E-state index is 12.2. The summed E-state index contributed by atoms with van der Waals surface area (Å²) in [5, 5.41) is -0.348. The third kappa shape index (κ3) is 2.60. The van der Waals surface area contributed by atoms with Crippen molar-refractivity contribution in [2.45, 2.75) is 24.1 Å². The number of nitrogens with zero attached hydrogens (tertiary/aromatic N) is 1. The Labute approximate surface area is 122 Å². The predicted octanol–water partition coefficient (Wildman–Crippen LogP) is 2.89. The SMILES string of the molecule is CCOC(=O)N1c2ccccc2SC1C(C)C(=O)OC. The van der Waals surface area contributed by atoms with E-state index < -0.39 is 12.0 Å². The van der Waals surface area contributed by atoms with E-state index >= 15 is 0 Å². The fraction of sp³-hybridized carbons (Fsp3) is 0.429. The van der Waals surface area contributed by atoms with Crippen molar-refractivity contribution in [1.29, 1.82) is 0 Å². The number of hydrogen-bond donors (Lipinski definition) is 0. The first-order chi connectivity index (χ1) is 9.60. The first kappa shape index (κ1) is 14.7. The molecule has 0 saturated carbocycles. The second-order valence-electron chi connectivity index (χ2n) is 4.36. The summed E-state index contributed by atoms with van der Waals surface area (Å²) in [5.41, 5.74) is 0.775. The number of rotatable bonds is 3. The van der Waals surface area contributed by atoms with E-state index in [1.807, 2.05) is 24.3 Å². The van der Waals surface area contributed by atoms with Gasteiger partial charge in [0.1, 0.15) is 5.37 Å². The molecule has 1 aromatic rings. The van der Waals surface area contributed by atoms with Gasteiger partial charge in [0, 0.05) is 4.90 Å². The Hall–Kier alpha value is -1.69. The highest BCUT2D eigenvalue weighted by Crippen LogP contribution is 2.46. The van der Waals surface area contributed by atoms with E-state index in [0.29, 0.717) is 6.61 Å². The van der Waals surface area contributed by atoms with Crippen molar-refractivity contribution < 1.29 is 19.1 Å². The van der Waals surface area contributed by atoms with Crippen molar-refractivity contribution in [1.82, 2.24) is 0 Å². The summed E-state index contributed by atoms with van der Waals surface area (Å²) in [5.74, 6) is -0.786. The molecule has 0 saturated heterocycles. The third-order valence-corrected chi connectivity index (χ3v) is 4.55. The summed E-state index contributed by atoms with van der Waals surface area (Å²) in [4.78, 5) is 26.4. The summed E-state index contributed by atoms with van der Waals surface area (Å²) in [7, 11) is 1.35. The zero-order chi connectivity index (χ0) is 14.7. The number of carbonyl (C=O) groups excluding carboxylic acids is 2. The monoisotopic (exact) mass is 295 g/mol. The largest absolute Gasteiger partial charge is 0.469 e. The maximum atomic E-state index is 12.2. The molecule has 0 aliphatic carbocycles. The molecular weight excluding hydrogens is 278 g/mol. The van der Waals surface area contributed by atoms with E-state index in [1.54, 1.807) is 13.8 Å². The summed E-state index contributed by atoms with van der Waals surface area (Å²) in [6.07, 6.45) is -0.439. The highest BCUT2D eigenvalue weighted by molar-refractivity contribution is 8.00. The topological polar surface area (TPSA) is 55.8 Å². The lowest BCUT2D eigenvalue weighted by Crippen LogP contribution is -2.42. The minimum atomic E-state index is -0.443. The third-order valence-electron chi connectivity index (χ3n) is 3.09. The molecule has 5 nitrogen and oxygen atoms in total. The molecule has 20 heavy (non-hydrogen) atoms. The van der Waals surface area contributed by atoms with E-state index in [4.69, 9.17) is 9.47 Å². The molecule has 2 atom stereocenters. The van der Waals surface area contributed by atoms with E-state index in [0.717, 1.165) is 10.6 Å². The van der Waals surface area contributed by atoms with Crippen molar-refractivity contribution in [3.8, 4) is 0 Å². The summed E-state index contributed by atoms with van der Waals surface area (Å²) in [6.45, 7) is 3.80. The van der Waals surface area contributed by atoms with Gasteiger partial charge < -0.3 is 9.47 Å². The Morgan fingerprint density at radius 3 is 2.75 bits per heavy atom. The van der Waals surface area contributed by atoms with Gasteiger partial charge in [-0.05, 0) is 26.0 Å². The molecule has 1 aliphatic rings. The van der Waals surface area contributed by atoms with E-state index in [2.05, 4.69) is 0 Å². The van der Waals surface area contributed by atoms with Crippen molar-refractivity contribution >= 4 is 29.5 Å². The minimum Gasteiger partial charge on any atom is -0.469 e. The van der Waals surface area contributed by atoms with Crippen LogP contribution in [-0.4, -0.2) is 31.2 Å². The van der Waals surface area contributed by atoms with Gasteiger partial charge in [0.15, 0.2) is 0 Å². The second kappa shape index (κ2) is 6.17. The number of thioether (sulfide) groups is 1. The van der Waals surface area contributed by atoms with Crippen LogP contribution in [0.4, 0.5) is 10.5 Å². The summed E-state index contributed by atoms with van der Waals surface area (Å²) < 4.78 is 9.88. The van der Waals surface area contributed by atoms with Crippen LogP contribution >= 0.6 is 11.8 Å². The average Bonchev–Trinajstić information content (AvgIpc) is 2.85. The molecule has 108 valence electrons. The van der Waals surface area contributed by atoms with Gasteiger partial charge in [0.05, 0.1) is 25.3 Å². The Morgan fingerprint density at radius 1 is 1.40 bits per heavy atom. The van der Waals surface area contributed by atoms with E-state index in [1.165, 1.54) is 23.8 Å². The van der Waals surface area contributed by atoms with Gasteiger partial charge in [0.25, 0.3) is 0 Å².